The molecule has 0 bridgehead atoms. The lowest BCUT2D eigenvalue weighted by atomic mass is 9.78. The number of benzene rings is 1. The van der Waals surface area contributed by atoms with E-state index in [1.54, 1.807) is 0 Å². The molecular weight excluding hydrogens is 352 g/mol. The van der Waals surface area contributed by atoms with Gasteiger partial charge in [0.05, 0.1) is 11.4 Å². The fourth-order valence-electron chi connectivity index (χ4n) is 4.74. The zero-order valence-electron chi connectivity index (χ0n) is 18.7. The van der Waals surface area contributed by atoms with Gasteiger partial charge in [0.15, 0.2) is 0 Å². The third-order valence-electron chi connectivity index (χ3n) is 6.73. The van der Waals surface area contributed by atoms with Crippen molar-refractivity contribution in [2.24, 2.45) is 5.92 Å². The summed E-state index contributed by atoms with van der Waals surface area (Å²) in [5.74, 6) is 1.56. The highest BCUT2D eigenvalue weighted by Gasteiger charge is 2.23. The summed E-state index contributed by atoms with van der Waals surface area (Å²) in [6, 6.07) is 13.3. The zero-order valence-corrected chi connectivity index (χ0v) is 18.7. The molecule has 1 saturated carbocycles. The van der Waals surface area contributed by atoms with E-state index >= 15 is 0 Å². The largest absolute Gasteiger partial charge is 0.155 e. The van der Waals surface area contributed by atoms with E-state index in [0.717, 1.165) is 11.6 Å². The highest BCUT2D eigenvalue weighted by Crippen LogP contribution is 2.37. The van der Waals surface area contributed by atoms with Crippen LogP contribution in [0.2, 0.25) is 0 Å². The summed E-state index contributed by atoms with van der Waals surface area (Å²) in [7, 11) is 0. The first-order valence-electron chi connectivity index (χ1n) is 12.2. The van der Waals surface area contributed by atoms with Crippen LogP contribution in [0.5, 0.6) is 0 Å². The van der Waals surface area contributed by atoms with Crippen molar-refractivity contribution in [2.75, 3.05) is 0 Å². The second-order valence-corrected chi connectivity index (χ2v) is 9.06. The number of unbranched alkanes of at least 4 members (excludes halogenated alkanes) is 5. The summed E-state index contributed by atoms with van der Waals surface area (Å²) in [6.07, 6.45) is 17.4. The van der Waals surface area contributed by atoms with Gasteiger partial charge in [-0.15, -0.1) is 0 Å². The maximum absolute atomic E-state index is 4.62. The summed E-state index contributed by atoms with van der Waals surface area (Å²) < 4.78 is 0. The quantitative estimate of drug-likeness (QED) is 0.361. The minimum Gasteiger partial charge on any atom is -0.155 e. The van der Waals surface area contributed by atoms with E-state index in [1.807, 2.05) is 0 Å². The number of aromatic nitrogens is 2. The van der Waals surface area contributed by atoms with Crippen LogP contribution in [-0.2, 0) is 6.42 Å². The van der Waals surface area contributed by atoms with Crippen LogP contribution in [0.15, 0.2) is 36.4 Å². The van der Waals surface area contributed by atoms with Crippen LogP contribution < -0.4 is 0 Å². The van der Waals surface area contributed by atoms with Gasteiger partial charge in [0.2, 0.25) is 0 Å². The molecule has 0 N–H and O–H groups in total. The number of hydrogen-bond donors (Lipinski definition) is 0. The predicted octanol–water partition coefficient (Wildman–Crippen LogP) is 8.12. The summed E-state index contributed by atoms with van der Waals surface area (Å²) in [5.41, 5.74) is 4.82. The van der Waals surface area contributed by atoms with Gasteiger partial charge in [0.1, 0.15) is 0 Å². The number of hydrogen-bond acceptors (Lipinski definition) is 2. The molecule has 0 amide bonds. The van der Waals surface area contributed by atoms with Crippen LogP contribution in [-0.4, -0.2) is 10.2 Å². The Hall–Kier alpha value is -1.70. The van der Waals surface area contributed by atoms with Gasteiger partial charge in [-0.3, -0.25) is 0 Å². The molecule has 1 aromatic carbocycles. The Morgan fingerprint density at radius 2 is 1.45 bits per heavy atom. The Morgan fingerprint density at radius 1 is 0.724 bits per heavy atom. The van der Waals surface area contributed by atoms with Crippen molar-refractivity contribution in [1.29, 1.82) is 0 Å². The van der Waals surface area contributed by atoms with Crippen LogP contribution in [0, 0.1) is 5.92 Å². The van der Waals surface area contributed by atoms with Gasteiger partial charge in [-0.2, -0.15) is 10.2 Å². The summed E-state index contributed by atoms with van der Waals surface area (Å²) >= 11 is 0. The number of aryl methyl sites for hydroxylation is 1. The average Bonchev–Trinajstić information content (AvgIpc) is 2.78. The van der Waals surface area contributed by atoms with Crippen molar-refractivity contribution in [3.8, 4) is 11.3 Å². The predicted molar refractivity (Wildman–Crippen MR) is 124 cm³/mol. The minimum absolute atomic E-state index is 0.615. The van der Waals surface area contributed by atoms with Gasteiger partial charge in [-0.05, 0) is 62.1 Å². The van der Waals surface area contributed by atoms with Crippen molar-refractivity contribution >= 4 is 0 Å². The molecule has 0 aliphatic heterocycles. The molecule has 29 heavy (non-hydrogen) atoms. The maximum atomic E-state index is 4.62. The van der Waals surface area contributed by atoms with E-state index in [4.69, 9.17) is 0 Å². The van der Waals surface area contributed by atoms with Crippen molar-refractivity contribution in [1.82, 2.24) is 10.2 Å². The van der Waals surface area contributed by atoms with Gasteiger partial charge >= 0.3 is 0 Å². The standard InChI is InChI=1S/C27H40N2/c1-3-5-7-9-11-23-14-18-25(19-15-23)27-21-20-26(28-29-27)24-16-12-22(13-17-24)10-8-6-4-2/h14-15,18-22,24H,3-13,16-17H2,1-2H3. The molecule has 158 valence electrons. The SMILES string of the molecule is CCCCCCc1ccc(-c2ccc(C3CCC(CCCCC)CC3)nn2)cc1. The first kappa shape index (κ1) is 22.0. The molecule has 2 aromatic rings. The molecule has 0 saturated heterocycles. The van der Waals surface area contributed by atoms with E-state index in [-0.39, 0.29) is 0 Å². The highest BCUT2D eigenvalue weighted by molar-refractivity contribution is 5.58. The van der Waals surface area contributed by atoms with E-state index in [0.29, 0.717) is 5.92 Å². The summed E-state index contributed by atoms with van der Waals surface area (Å²) in [6.45, 7) is 4.56. The Morgan fingerprint density at radius 3 is 2.10 bits per heavy atom. The third-order valence-corrected chi connectivity index (χ3v) is 6.73. The topological polar surface area (TPSA) is 25.8 Å². The lowest BCUT2D eigenvalue weighted by molar-refractivity contribution is 0.299. The highest BCUT2D eigenvalue weighted by atomic mass is 15.1. The molecule has 0 spiro atoms. The fourth-order valence-corrected chi connectivity index (χ4v) is 4.74. The normalized spacial score (nSPS) is 19.4. The number of rotatable bonds is 11. The molecule has 0 radical (unpaired) electrons. The first-order chi connectivity index (χ1) is 14.3. The van der Waals surface area contributed by atoms with Crippen molar-refractivity contribution < 1.29 is 0 Å². The lowest BCUT2D eigenvalue weighted by Gasteiger charge is -2.28. The molecule has 2 heteroatoms. The number of nitrogens with zero attached hydrogens (tertiary/aromatic N) is 2. The Balaban J connectivity index is 1.49. The van der Waals surface area contributed by atoms with E-state index in [9.17, 15) is 0 Å². The van der Waals surface area contributed by atoms with Crippen molar-refractivity contribution in [3.05, 3.63) is 47.7 Å². The Kier molecular flexibility index (Phi) is 9.18. The van der Waals surface area contributed by atoms with Gasteiger partial charge < -0.3 is 0 Å². The van der Waals surface area contributed by atoms with Gasteiger partial charge in [-0.25, -0.2) is 0 Å². The Labute approximate surface area is 178 Å². The maximum Gasteiger partial charge on any atom is 0.0929 e. The van der Waals surface area contributed by atoms with Crippen LogP contribution in [0.1, 0.15) is 108 Å². The molecule has 1 aliphatic rings. The van der Waals surface area contributed by atoms with Gasteiger partial charge in [0.25, 0.3) is 0 Å². The summed E-state index contributed by atoms with van der Waals surface area (Å²) in [5, 5.41) is 9.19. The molecular formula is C27H40N2. The smallest absolute Gasteiger partial charge is 0.0929 e. The van der Waals surface area contributed by atoms with Gasteiger partial charge in [-0.1, -0.05) is 83.1 Å². The second kappa shape index (κ2) is 12.1. The minimum atomic E-state index is 0.615. The van der Waals surface area contributed by atoms with Crippen molar-refractivity contribution in [2.45, 2.75) is 103 Å². The second-order valence-electron chi connectivity index (χ2n) is 9.06. The van der Waals surface area contributed by atoms with Gasteiger partial charge in [0, 0.05) is 11.5 Å². The molecule has 0 atom stereocenters. The van der Waals surface area contributed by atoms with Crippen LogP contribution >= 0.6 is 0 Å². The van der Waals surface area contributed by atoms with E-state index in [2.05, 4.69) is 60.4 Å². The molecule has 2 nitrogen and oxygen atoms in total. The molecule has 1 aromatic heterocycles. The molecule has 1 aliphatic carbocycles. The summed E-state index contributed by atoms with van der Waals surface area (Å²) in [4.78, 5) is 0. The van der Waals surface area contributed by atoms with Crippen LogP contribution in [0.4, 0.5) is 0 Å². The van der Waals surface area contributed by atoms with Crippen molar-refractivity contribution in [3.63, 3.8) is 0 Å². The van der Waals surface area contributed by atoms with E-state index in [1.165, 1.54) is 100 Å². The van der Waals surface area contributed by atoms with Crippen LogP contribution in [0.3, 0.4) is 0 Å². The third kappa shape index (κ3) is 6.94. The van der Waals surface area contributed by atoms with Crippen LogP contribution in [0.25, 0.3) is 11.3 Å². The monoisotopic (exact) mass is 392 g/mol. The average molecular weight is 393 g/mol. The van der Waals surface area contributed by atoms with E-state index < -0.39 is 0 Å². The molecule has 1 heterocycles. The molecule has 0 unspecified atom stereocenters. The first-order valence-corrected chi connectivity index (χ1v) is 12.2. The fraction of sp³-hybridized carbons (Fsp3) is 0.630. The zero-order chi connectivity index (χ0) is 20.3. The lowest BCUT2D eigenvalue weighted by Crippen LogP contribution is -2.14. The molecule has 3 rings (SSSR count). The Bertz CT molecular complexity index is 681. The molecule has 1 fully saturated rings.